The van der Waals surface area contributed by atoms with Crippen molar-refractivity contribution in [3.8, 4) is 11.5 Å². The lowest BCUT2D eigenvalue weighted by molar-refractivity contribution is 0.297. The third-order valence-electron chi connectivity index (χ3n) is 3.63. The number of aryl methyl sites for hydroxylation is 1. The number of hydrogen-bond donors (Lipinski definition) is 1. The summed E-state index contributed by atoms with van der Waals surface area (Å²) in [5, 5.41) is 5.54. The maximum atomic E-state index is 5.82. The van der Waals surface area contributed by atoms with Crippen LogP contribution in [0.5, 0.6) is 11.5 Å². The smallest absolute Gasteiger partial charge is 0.162 e. The minimum atomic E-state index is 0.150. The molecule has 1 aromatic heterocycles. The van der Waals surface area contributed by atoms with Gasteiger partial charge in [0.1, 0.15) is 0 Å². The molecule has 5 heteroatoms. The van der Waals surface area contributed by atoms with Crippen LogP contribution in [-0.2, 0) is 0 Å². The molecule has 1 unspecified atom stereocenters. The summed E-state index contributed by atoms with van der Waals surface area (Å²) in [5.74, 6) is 1.65. The maximum absolute atomic E-state index is 5.82. The number of rotatable bonds is 3. The normalized spacial score (nSPS) is 15.6. The topological polar surface area (TPSA) is 30.5 Å². The van der Waals surface area contributed by atoms with Crippen molar-refractivity contribution in [1.82, 2.24) is 5.32 Å². The minimum Gasteiger partial charge on any atom is -0.490 e. The van der Waals surface area contributed by atoms with Gasteiger partial charge in [-0.2, -0.15) is 0 Å². The van der Waals surface area contributed by atoms with Gasteiger partial charge in [0.15, 0.2) is 11.5 Å². The first-order chi connectivity index (χ1) is 10.2. The number of hydrogen-bond acceptors (Lipinski definition) is 4. The van der Waals surface area contributed by atoms with Crippen LogP contribution in [0.4, 0.5) is 0 Å². The fourth-order valence-electron chi connectivity index (χ4n) is 2.53. The van der Waals surface area contributed by atoms with Gasteiger partial charge in [0.25, 0.3) is 0 Å². The van der Waals surface area contributed by atoms with Gasteiger partial charge >= 0.3 is 0 Å². The number of nitrogens with one attached hydrogen (secondary N) is 1. The van der Waals surface area contributed by atoms with E-state index in [4.69, 9.17) is 9.47 Å². The molecule has 0 spiro atoms. The zero-order valence-electron chi connectivity index (χ0n) is 12.1. The summed E-state index contributed by atoms with van der Waals surface area (Å²) in [4.78, 5) is 1.33. The van der Waals surface area contributed by atoms with Crippen LogP contribution >= 0.6 is 27.3 Å². The molecule has 1 N–H and O–H groups in total. The number of fused-ring (bicyclic) bond motifs is 1. The molecule has 112 valence electrons. The Morgan fingerprint density at radius 1 is 1.24 bits per heavy atom. The molecule has 1 aromatic carbocycles. The molecule has 0 radical (unpaired) electrons. The highest BCUT2D eigenvalue weighted by Gasteiger charge is 2.22. The van der Waals surface area contributed by atoms with Gasteiger partial charge in [-0.15, -0.1) is 11.3 Å². The Morgan fingerprint density at radius 2 is 1.95 bits per heavy atom. The highest BCUT2D eigenvalue weighted by atomic mass is 79.9. The Hall–Kier alpha value is -1.04. The molecule has 0 saturated carbocycles. The first kappa shape index (κ1) is 14.9. The number of ether oxygens (including phenoxy) is 2. The van der Waals surface area contributed by atoms with Crippen LogP contribution < -0.4 is 14.8 Å². The van der Waals surface area contributed by atoms with Crippen LogP contribution in [0.1, 0.15) is 28.5 Å². The Kier molecular flexibility index (Phi) is 4.52. The molecule has 2 aromatic rings. The standard InChI is InChI=1S/C16H18BrNO2S/c1-10-4-7-21-16(10)15(18-2)11-8-13-14(9-12(11)17)20-6-3-5-19-13/h4,7-9,15,18H,3,5-6H2,1-2H3. The Bertz CT molecular complexity index is 641. The van der Waals surface area contributed by atoms with Crippen molar-refractivity contribution in [1.29, 1.82) is 0 Å². The molecular weight excluding hydrogens is 350 g/mol. The molecule has 1 aliphatic heterocycles. The molecule has 0 aliphatic carbocycles. The summed E-state index contributed by atoms with van der Waals surface area (Å²) in [6, 6.07) is 6.41. The second-order valence-electron chi connectivity index (χ2n) is 5.06. The predicted octanol–water partition coefficient (Wildman–Crippen LogP) is 4.29. The average molecular weight is 368 g/mol. The van der Waals surface area contributed by atoms with E-state index in [0.29, 0.717) is 13.2 Å². The highest BCUT2D eigenvalue weighted by Crippen LogP contribution is 2.40. The van der Waals surface area contributed by atoms with Crippen molar-refractivity contribution in [2.45, 2.75) is 19.4 Å². The number of halogens is 1. The fraction of sp³-hybridized carbons (Fsp3) is 0.375. The molecule has 0 amide bonds. The van der Waals surface area contributed by atoms with Crippen LogP contribution in [-0.4, -0.2) is 20.3 Å². The van der Waals surface area contributed by atoms with Crippen molar-refractivity contribution >= 4 is 27.3 Å². The third kappa shape index (κ3) is 2.96. The van der Waals surface area contributed by atoms with E-state index in [9.17, 15) is 0 Å². The van der Waals surface area contributed by atoms with Gasteiger partial charge in [-0.25, -0.2) is 0 Å². The van der Waals surface area contributed by atoms with E-state index in [1.54, 1.807) is 11.3 Å². The fourth-order valence-corrected chi connectivity index (χ4v) is 4.13. The SMILES string of the molecule is CNC(c1cc2c(cc1Br)OCCCO2)c1sccc1C. The number of thiophene rings is 1. The molecule has 0 bridgehead atoms. The van der Waals surface area contributed by atoms with Crippen LogP contribution in [0.2, 0.25) is 0 Å². The molecule has 2 heterocycles. The zero-order valence-corrected chi connectivity index (χ0v) is 14.5. The van der Waals surface area contributed by atoms with Crippen LogP contribution in [0.25, 0.3) is 0 Å². The van der Waals surface area contributed by atoms with E-state index in [0.717, 1.165) is 22.4 Å². The van der Waals surface area contributed by atoms with E-state index >= 15 is 0 Å². The molecule has 0 fully saturated rings. The van der Waals surface area contributed by atoms with E-state index < -0.39 is 0 Å². The summed E-state index contributed by atoms with van der Waals surface area (Å²) < 4.78 is 12.6. The number of benzene rings is 1. The predicted molar refractivity (Wildman–Crippen MR) is 89.7 cm³/mol. The second kappa shape index (κ2) is 6.38. The summed E-state index contributed by atoms with van der Waals surface area (Å²) in [6.45, 7) is 3.56. The Labute approximate surface area is 137 Å². The third-order valence-corrected chi connectivity index (χ3v) is 5.40. The molecule has 1 atom stereocenters. The summed E-state index contributed by atoms with van der Waals surface area (Å²) in [6.07, 6.45) is 0.918. The first-order valence-corrected chi connectivity index (χ1v) is 8.68. The minimum absolute atomic E-state index is 0.150. The van der Waals surface area contributed by atoms with Gasteiger partial charge in [-0.3, -0.25) is 0 Å². The van der Waals surface area contributed by atoms with E-state index in [1.165, 1.54) is 16.0 Å². The van der Waals surface area contributed by atoms with Crippen LogP contribution in [0.15, 0.2) is 28.1 Å². The lowest BCUT2D eigenvalue weighted by Gasteiger charge is -2.20. The molecule has 0 saturated heterocycles. The van der Waals surface area contributed by atoms with Gasteiger partial charge in [-0.05, 0) is 48.7 Å². The molecule has 1 aliphatic rings. The quantitative estimate of drug-likeness (QED) is 0.877. The van der Waals surface area contributed by atoms with Gasteiger partial charge < -0.3 is 14.8 Å². The Balaban J connectivity index is 2.04. The average Bonchev–Trinajstić information content (AvgIpc) is 2.76. The van der Waals surface area contributed by atoms with Crippen molar-refractivity contribution in [2.75, 3.05) is 20.3 Å². The summed E-state index contributed by atoms with van der Waals surface area (Å²) >= 11 is 5.45. The molecule has 21 heavy (non-hydrogen) atoms. The monoisotopic (exact) mass is 367 g/mol. The summed E-state index contributed by atoms with van der Waals surface area (Å²) in [7, 11) is 1.99. The lowest BCUT2D eigenvalue weighted by atomic mass is 10.0. The molecule has 3 nitrogen and oxygen atoms in total. The van der Waals surface area contributed by atoms with Crippen molar-refractivity contribution in [3.05, 3.63) is 44.1 Å². The first-order valence-electron chi connectivity index (χ1n) is 7.01. The van der Waals surface area contributed by atoms with Crippen molar-refractivity contribution in [2.24, 2.45) is 0 Å². The van der Waals surface area contributed by atoms with E-state index in [-0.39, 0.29) is 6.04 Å². The van der Waals surface area contributed by atoms with Gasteiger partial charge in [0.05, 0.1) is 19.3 Å². The molecule has 3 rings (SSSR count). The Morgan fingerprint density at radius 3 is 2.57 bits per heavy atom. The summed E-state index contributed by atoms with van der Waals surface area (Å²) in [5.41, 5.74) is 2.48. The second-order valence-corrected chi connectivity index (χ2v) is 6.86. The van der Waals surface area contributed by atoms with Crippen molar-refractivity contribution in [3.63, 3.8) is 0 Å². The van der Waals surface area contributed by atoms with E-state index in [1.807, 2.05) is 13.1 Å². The zero-order chi connectivity index (χ0) is 14.8. The van der Waals surface area contributed by atoms with Gasteiger partial charge in [-0.1, -0.05) is 15.9 Å². The van der Waals surface area contributed by atoms with Crippen LogP contribution in [0, 0.1) is 6.92 Å². The van der Waals surface area contributed by atoms with Crippen LogP contribution in [0.3, 0.4) is 0 Å². The lowest BCUT2D eigenvalue weighted by Crippen LogP contribution is -2.18. The van der Waals surface area contributed by atoms with Gasteiger partial charge in [0, 0.05) is 15.8 Å². The molecular formula is C16H18BrNO2S. The van der Waals surface area contributed by atoms with Crippen molar-refractivity contribution < 1.29 is 9.47 Å². The highest BCUT2D eigenvalue weighted by molar-refractivity contribution is 9.10. The maximum Gasteiger partial charge on any atom is 0.162 e. The van der Waals surface area contributed by atoms with Gasteiger partial charge in [0.2, 0.25) is 0 Å². The van der Waals surface area contributed by atoms with E-state index in [2.05, 4.69) is 45.7 Å². The largest absolute Gasteiger partial charge is 0.490 e.